The Bertz CT molecular complexity index is 935. The van der Waals surface area contributed by atoms with E-state index in [1.807, 2.05) is 0 Å². The van der Waals surface area contributed by atoms with Crippen LogP contribution >= 0.6 is 0 Å². The van der Waals surface area contributed by atoms with Crippen molar-refractivity contribution in [2.24, 2.45) is 5.92 Å². The lowest BCUT2D eigenvalue weighted by Crippen LogP contribution is -2.45. The van der Waals surface area contributed by atoms with Crippen molar-refractivity contribution < 1.29 is 27.7 Å². The molecular formula is C19H18FN3O5. The number of hydrogen-bond donors (Lipinski definition) is 1. The number of benzene rings is 1. The van der Waals surface area contributed by atoms with Crippen LogP contribution in [0.15, 0.2) is 51.6 Å². The molecule has 3 rings (SSSR count). The van der Waals surface area contributed by atoms with Crippen molar-refractivity contribution in [3.05, 3.63) is 60.1 Å². The second-order valence-electron chi connectivity index (χ2n) is 6.30. The Morgan fingerprint density at radius 3 is 2.61 bits per heavy atom. The molecule has 1 N–H and O–H groups in total. The number of ether oxygens (including phenoxy) is 1. The molecule has 0 aliphatic rings. The summed E-state index contributed by atoms with van der Waals surface area (Å²) < 4.78 is 28.3. The Balaban J connectivity index is 1.60. The molecule has 3 aromatic rings. The normalized spacial score (nSPS) is 12.0. The van der Waals surface area contributed by atoms with Crippen LogP contribution in [0, 0.1) is 11.7 Å². The molecule has 0 aliphatic carbocycles. The van der Waals surface area contributed by atoms with Gasteiger partial charge in [-0.1, -0.05) is 19.0 Å². The molecule has 0 fully saturated rings. The Labute approximate surface area is 159 Å². The van der Waals surface area contributed by atoms with Gasteiger partial charge in [-0.05, 0) is 42.3 Å². The van der Waals surface area contributed by atoms with Crippen molar-refractivity contribution >= 4 is 11.9 Å². The summed E-state index contributed by atoms with van der Waals surface area (Å²) in [5.74, 6) is -1.33. The van der Waals surface area contributed by atoms with Gasteiger partial charge in [0.1, 0.15) is 11.9 Å². The maximum atomic E-state index is 13.0. The average molecular weight is 387 g/mol. The Hall–Kier alpha value is -3.49. The molecule has 2 heterocycles. The van der Waals surface area contributed by atoms with E-state index in [0.717, 1.165) is 0 Å². The molecule has 0 bridgehead atoms. The summed E-state index contributed by atoms with van der Waals surface area (Å²) in [6.45, 7) is 3.31. The number of amides is 1. The number of carbonyl (C=O) groups excluding carboxylic acids is 2. The van der Waals surface area contributed by atoms with Gasteiger partial charge in [0.15, 0.2) is 12.4 Å². The molecular weight excluding hydrogens is 369 g/mol. The summed E-state index contributed by atoms with van der Waals surface area (Å²) in [5.41, 5.74) is 0.539. The zero-order valence-electron chi connectivity index (χ0n) is 15.2. The van der Waals surface area contributed by atoms with Crippen molar-refractivity contribution in [2.45, 2.75) is 26.5 Å². The first-order valence-corrected chi connectivity index (χ1v) is 8.53. The molecule has 9 heteroatoms. The highest BCUT2D eigenvalue weighted by molar-refractivity contribution is 5.94. The van der Waals surface area contributed by atoms with Gasteiger partial charge in [-0.3, -0.25) is 4.79 Å². The highest BCUT2D eigenvalue weighted by Gasteiger charge is 2.27. The first kappa shape index (κ1) is 19.3. The van der Waals surface area contributed by atoms with Gasteiger partial charge in [0.25, 0.3) is 11.8 Å². The molecule has 0 radical (unpaired) electrons. The van der Waals surface area contributed by atoms with Crippen LogP contribution < -0.4 is 5.32 Å². The van der Waals surface area contributed by atoms with Crippen LogP contribution in [0.2, 0.25) is 0 Å². The summed E-state index contributed by atoms with van der Waals surface area (Å²) in [5, 5.41) is 6.32. The number of nitrogens with zero attached hydrogens (tertiary/aromatic N) is 2. The topological polar surface area (TPSA) is 107 Å². The van der Waals surface area contributed by atoms with E-state index in [-0.39, 0.29) is 35.8 Å². The number of aromatic nitrogens is 2. The number of esters is 1. The third kappa shape index (κ3) is 4.61. The van der Waals surface area contributed by atoms with E-state index < -0.39 is 17.9 Å². The fraction of sp³-hybridized carbons (Fsp3) is 0.263. The first-order valence-electron chi connectivity index (χ1n) is 8.53. The Morgan fingerprint density at radius 1 is 1.21 bits per heavy atom. The minimum Gasteiger partial charge on any atom is -0.459 e. The van der Waals surface area contributed by atoms with Crippen molar-refractivity contribution in [2.75, 3.05) is 0 Å². The van der Waals surface area contributed by atoms with Gasteiger partial charge in [0, 0.05) is 5.56 Å². The summed E-state index contributed by atoms with van der Waals surface area (Å²) in [6, 6.07) is 7.74. The number of hydrogen-bond acceptors (Lipinski definition) is 7. The molecule has 28 heavy (non-hydrogen) atoms. The van der Waals surface area contributed by atoms with Gasteiger partial charge in [-0.2, -0.15) is 4.98 Å². The second-order valence-corrected chi connectivity index (χ2v) is 6.30. The lowest BCUT2D eigenvalue weighted by Gasteiger charge is -2.19. The van der Waals surface area contributed by atoms with E-state index in [4.69, 9.17) is 13.7 Å². The summed E-state index contributed by atoms with van der Waals surface area (Å²) in [6.07, 6.45) is 1.37. The third-order valence-corrected chi connectivity index (χ3v) is 3.85. The van der Waals surface area contributed by atoms with E-state index in [0.29, 0.717) is 5.56 Å². The molecule has 1 atom stereocenters. The van der Waals surface area contributed by atoms with Gasteiger partial charge in [-0.25, -0.2) is 9.18 Å². The van der Waals surface area contributed by atoms with E-state index in [1.165, 1.54) is 36.6 Å². The van der Waals surface area contributed by atoms with Crippen molar-refractivity contribution in [1.82, 2.24) is 15.5 Å². The van der Waals surface area contributed by atoms with Gasteiger partial charge >= 0.3 is 5.97 Å². The van der Waals surface area contributed by atoms with Gasteiger partial charge < -0.3 is 19.0 Å². The molecule has 1 amide bonds. The monoisotopic (exact) mass is 387 g/mol. The van der Waals surface area contributed by atoms with E-state index in [9.17, 15) is 14.0 Å². The van der Waals surface area contributed by atoms with Crippen LogP contribution in [0.4, 0.5) is 4.39 Å². The Kier molecular flexibility index (Phi) is 5.83. The molecule has 1 aromatic carbocycles. The first-order chi connectivity index (χ1) is 13.4. The molecule has 0 spiro atoms. The van der Waals surface area contributed by atoms with Crippen molar-refractivity contribution in [3.8, 4) is 11.5 Å². The van der Waals surface area contributed by atoms with E-state index in [2.05, 4.69) is 15.5 Å². The van der Waals surface area contributed by atoms with Gasteiger partial charge in [-0.15, -0.1) is 0 Å². The maximum absolute atomic E-state index is 13.0. The number of furan rings is 1. The molecule has 0 aliphatic heterocycles. The van der Waals surface area contributed by atoms with Gasteiger partial charge in [0.05, 0.1) is 6.26 Å². The van der Waals surface area contributed by atoms with E-state index >= 15 is 0 Å². The third-order valence-electron chi connectivity index (χ3n) is 3.85. The fourth-order valence-corrected chi connectivity index (χ4v) is 2.37. The molecule has 8 nitrogen and oxygen atoms in total. The van der Waals surface area contributed by atoms with Crippen LogP contribution in [0.3, 0.4) is 0 Å². The second kappa shape index (κ2) is 8.47. The number of halogens is 1. The zero-order chi connectivity index (χ0) is 20.1. The van der Waals surface area contributed by atoms with Crippen LogP contribution in [0.1, 0.15) is 30.2 Å². The smallest absolute Gasteiger partial charge is 0.329 e. The standard InChI is InChI=1S/C19H18FN3O5/c1-11(2)16(22-17(24)14-4-3-9-26-14)19(25)27-10-15-21-18(28-23-15)12-5-7-13(20)8-6-12/h3-9,11,16H,10H2,1-2H3,(H,22,24)/t16-/m0/s1. The van der Waals surface area contributed by atoms with Crippen LogP contribution in [-0.2, 0) is 16.1 Å². The lowest BCUT2D eigenvalue weighted by atomic mass is 10.0. The molecule has 0 saturated heterocycles. The van der Waals surface area contributed by atoms with Gasteiger partial charge in [0.2, 0.25) is 5.82 Å². The maximum Gasteiger partial charge on any atom is 0.329 e. The molecule has 2 aromatic heterocycles. The summed E-state index contributed by atoms with van der Waals surface area (Å²) in [4.78, 5) is 28.6. The number of rotatable bonds is 7. The minimum atomic E-state index is -0.874. The molecule has 146 valence electrons. The quantitative estimate of drug-likeness (QED) is 0.621. The lowest BCUT2D eigenvalue weighted by molar-refractivity contribution is -0.148. The number of carbonyl (C=O) groups is 2. The summed E-state index contributed by atoms with van der Waals surface area (Å²) >= 11 is 0. The average Bonchev–Trinajstić information content (AvgIpc) is 3.36. The van der Waals surface area contributed by atoms with E-state index in [1.54, 1.807) is 19.9 Å². The molecule has 0 saturated carbocycles. The summed E-state index contributed by atoms with van der Waals surface area (Å²) in [7, 11) is 0. The SMILES string of the molecule is CC(C)[C@H](NC(=O)c1ccco1)C(=O)OCc1noc(-c2ccc(F)cc2)n1. The number of nitrogens with one attached hydrogen (secondary N) is 1. The Morgan fingerprint density at radius 2 is 1.96 bits per heavy atom. The largest absolute Gasteiger partial charge is 0.459 e. The van der Waals surface area contributed by atoms with Crippen LogP contribution in [0.5, 0.6) is 0 Å². The highest BCUT2D eigenvalue weighted by atomic mass is 19.1. The van der Waals surface area contributed by atoms with Crippen LogP contribution in [-0.4, -0.2) is 28.1 Å². The fourth-order valence-electron chi connectivity index (χ4n) is 2.37. The predicted octanol–water partition coefficient (Wildman–Crippen LogP) is 2.97. The van der Waals surface area contributed by atoms with Crippen LogP contribution in [0.25, 0.3) is 11.5 Å². The zero-order valence-corrected chi connectivity index (χ0v) is 15.2. The van der Waals surface area contributed by atoms with Crippen molar-refractivity contribution in [1.29, 1.82) is 0 Å². The predicted molar refractivity (Wildman–Crippen MR) is 94.3 cm³/mol. The minimum absolute atomic E-state index is 0.0977. The van der Waals surface area contributed by atoms with Crippen molar-refractivity contribution in [3.63, 3.8) is 0 Å². The molecule has 0 unspecified atom stereocenters. The highest BCUT2D eigenvalue weighted by Crippen LogP contribution is 2.17.